The van der Waals surface area contributed by atoms with Crippen molar-refractivity contribution in [1.29, 1.82) is 0 Å². The molecule has 0 fully saturated rings. The maximum Gasteiger partial charge on any atom is 0.163 e. The quantitative estimate of drug-likeness (QED) is 0.914. The molecule has 1 N–H and O–H groups in total. The summed E-state index contributed by atoms with van der Waals surface area (Å²) in [7, 11) is 1.69. The maximum absolute atomic E-state index is 6.21. The maximum atomic E-state index is 6.21. The van der Waals surface area contributed by atoms with E-state index < -0.39 is 0 Å². The molecular formula is C13H18ClNO3. The minimum atomic E-state index is 0.0919. The van der Waals surface area contributed by atoms with E-state index in [4.69, 9.17) is 25.8 Å². The first-order chi connectivity index (χ1) is 8.61. The van der Waals surface area contributed by atoms with E-state index in [2.05, 4.69) is 5.32 Å². The molecule has 1 aliphatic rings. The largest absolute Gasteiger partial charge is 0.486 e. The average Bonchev–Trinajstić information content (AvgIpc) is 2.38. The fourth-order valence-electron chi connectivity index (χ4n) is 1.74. The first kappa shape index (κ1) is 13.3. The van der Waals surface area contributed by atoms with Gasteiger partial charge in [-0.2, -0.15) is 0 Å². The van der Waals surface area contributed by atoms with E-state index in [0.717, 1.165) is 11.4 Å². The lowest BCUT2D eigenvalue weighted by molar-refractivity contribution is 0.106. The second-order valence-corrected chi connectivity index (χ2v) is 4.76. The van der Waals surface area contributed by atoms with Crippen LogP contribution in [0.1, 0.15) is 13.8 Å². The van der Waals surface area contributed by atoms with Crippen LogP contribution in [0.5, 0.6) is 11.5 Å². The van der Waals surface area contributed by atoms with Crippen LogP contribution in [-0.4, -0.2) is 32.5 Å². The van der Waals surface area contributed by atoms with Gasteiger partial charge in [0.1, 0.15) is 13.2 Å². The average molecular weight is 272 g/mol. The lowest BCUT2D eigenvalue weighted by atomic mass is 10.2. The summed E-state index contributed by atoms with van der Waals surface area (Å²) in [6, 6.07) is 3.80. The van der Waals surface area contributed by atoms with Crippen molar-refractivity contribution in [2.24, 2.45) is 0 Å². The summed E-state index contributed by atoms with van der Waals surface area (Å²) >= 11 is 6.21. The highest BCUT2D eigenvalue weighted by atomic mass is 35.5. The number of benzene rings is 1. The molecule has 2 unspecified atom stereocenters. The Kier molecular flexibility index (Phi) is 4.19. The molecule has 0 amide bonds. The van der Waals surface area contributed by atoms with Crippen molar-refractivity contribution in [1.82, 2.24) is 0 Å². The molecule has 1 aliphatic heterocycles. The van der Waals surface area contributed by atoms with Gasteiger partial charge in [0.25, 0.3) is 0 Å². The molecular weight excluding hydrogens is 254 g/mol. The summed E-state index contributed by atoms with van der Waals surface area (Å²) in [6.07, 6.45) is 0.0919. The van der Waals surface area contributed by atoms with Gasteiger partial charge in [-0.15, -0.1) is 0 Å². The van der Waals surface area contributed by atoms with Gasteiger partial charge in [-0.1, -0.05) is 11.6 Å². The number of hydrogen-bond acceptors (Lipinski definition) is 4. The van der Waals surface area contributed by atoms with E-state index >= 15 is 0 Å². The zero-order valence-electron chi connectivity index (χ0n) is 10.8. The van der Waals surface area contributed by atoms with Crippen molar-refractivity contribution >= 4 is 17.3 Å². The van der Waals surface area contributed by atoms with Crippen molar-refractivity contribution in [2.75, 3.05) is 25.6 Å². The predicted molar refractivity (Wildman–Crippen MR) is 72.0 cm³/mol. The van der Waals surface area contributed by atoms with E-state index in [1.54, 1.807) is 13.2 Å². The van der Waals surface area contributed by atoms with Gasteiger partial charge in [-0.05, 0) is 13.8 Å². The number of ether oxygens (including phenoxy) is 3. The molecule has 0 bridgehead atoms. The summed E-state index contributed by atoms with van der Waals surface area (Å²) < 4.78 is 16.3. The second-order valence-electron chi connectivity index (χ2n) is 4.35. The van der Waals surface area contributed by atoms with Gasteiger partial charge < -0.3 is 19.5 Å². The van der Waals surface area contributed by atoms with Crippen LogP contribution in [0, 0.1) is 0 Å². The Labute approximate surface area is 112 Å². The fraction of sp³-hybridized carbons (Fsp3) is 0.538. The van der Waals surface area contributed by atoms with Crippen LogP contribution in [0.4, 0.5) is 5.69 Å². The highest BCUT2D eigenvalue weighted by molar-refractivity contribution is 6.33. The highest BCUT2D eigenvalue weighted by Gasteiger charge is 2.17. The van der Waals surface area contributed by atoms with Gasteiger partial charge in [0.05, 0.1) is 16.8 Å². The molecule has 100 valence electrons. The molecule has 2 atom stereocenters. The molecule has 0 saturated heterocycles. The molecule has 1 aromatic carbocycles. The lowest BCUT2D eigenvalue weighted by Crippen LogP contribution is -2.29. The van der Waals surface area contributed by atoms with Crippen molar-refractivity contribution in [2.45, 2.75) is 26.0 Å². The molecule has 0 saturated carbocycles. The van der Waals surface area contributed by atoms with Gasteiger partial charge in [-0.3, -0.25) is 0 Å². The second kappa shape index (κ2) is 5.67. The number of fused-ring (bicyclic) bond motifs is 1. The summed E-state index contributed by atoms with van der Waals surface area (Å²) in [5.74, 6) is 1.43. The standard InChI is InChI=1S/C13H18ClNO3/c1-8(9(2)16-3)15-11-7-13-12(6-10(11)14)17-4-5-18-13/h6-9,15H,4-5H2,1-3H3. The zero-order chi connectivity index (χ0) is 13.1. The van der Waals surface area contributed by atoms with Crippen molar-refractivity contribution in [3.05, 3.63) is 17.2 Å². The Morgan fingerprint density at radius 3 is 2.44 bits per heavy atom. The minimum Gasteiger partial charge on any atom is -0.486 e. The first-order valence-corrected chi connectivity index (χ1v) is 6.38. The minimum absolute atomic E-state index is 0.0919. The van der Waals surface area contributed by atoms with Gasteiger partial charge >= 0.3 is 0 Å². The Balaban J connectivity index is 2.18. The number of anilines is 1. The Morgan fingerprint density at radius 1 is 1.22 bits per heavy atom. The molecule has 0 spiro atoms. The summed E-state index contributed by atoms with van der Waals surface area (Å²) in [6.45, 7) is 5.18. The Bertz CT molecular complexity index is 425. The predicted octanol–water partition coefficient (Wildman–Crippen LogP) is 2.95. The Hall–Kier alpha value is -1.13. The van der Waals surface area contributed by atoms with E-state index in [9.17, 15) is 0 Å². The molecule has 0 aromatic heterocycles. The van der Waals surface area contributed by atoms with Crippen LogP contribution in [-0.2, 0) is 4.74 Å². The van der Waals surface area contributed by atoms with Gasteiger partial charge in [0.15, 0.2) is 11.5 Å². The topological polar surface area (TPSA) is 39.7 Å². The van der Waals surface area contributed by atoms with Gasteiger partial charge in [-0.25, -0.2) is 0 Å². The van der Waals surface area contributed by atoms with Crippen LogP contribution < -0.4 is 14.8 Å². The van der Waals surface area contributed by atoms with E-state index in [1.807, 2.05) is 19.9 Å². The molecule has 18 heavy (non-hydrogen) atoms. The molecule has 2 rings (SSSR count). The third kappa shape index (κ3) is 2.82. The lowest BCUT2D eigenvalue weighted by Gasteiger charge is -2.24. The third-order valence-electron chi connectivity index (χ3n) is 3.09. The highest BCUT2D eigenvalue weighted by Crippen LogP contribution is 2.38. The van der Waals surface area contributed by atoms with Gasteiger partial charge in [0, 0.05) is 25.3 Å². The summed E-state index contributed by atoms with van der Waals surface area (Å²) in [5, 5.41) is 3.94. The van der Waals surface area contributed by atoms with Crippen LogP contribution in [0.2, 0.25) is 5.02 Å². The van der Waals surface area contributed by atoms with E-state index in [0.29, 0.717) is 24.0 Å². The zero-order valence-corrected chi connectivity index (χ0v) is 11.6. The van der Waals surface area contributed by atoms with Crippen molar-refractivity contribution in [3.8, 4) is 11.5 Å². The van der Waals surface area contributed by atoms with E-state index in [-0.39, 0.29) is 12.1 Å². The molecule has 1 heterocycles. The van der Waals surface area contributed by atoms with Crippen LogP contribution in [0.15, 0.2) is 12.1 Å². The molecule has 1 aromatic rings. The first-order valence-electron chi connectivity index (χ1n) is 6.00. The molecule has 0 aliphatic carbocycles. The molecule has 5 heteroatoms. The number of rotatable bonds is 4. The van der Waals surface area contributed by atoms with Crippen molar-refractivity contribution < 1.29 is 14.2 Å². The number of nitrogens with one attached hydrogen (secondary N) is 1. The molecule has 0 radical (unpaired) electrons. The van der Waals surface area contributed by atoms with Crippen LogP contribution in [0.3, 0.4) is 0 Å². The number of hydrogen-bond donors (Lipinski definition) is 1. The SMILES string of the molecule is COC(C)C(C)Nc1cc2c(cc1Cl)OCCO2. The third-order valence-corrected chi connectivity index (χ3v) is 3.40. The van der Waals surface area contributed by atoms with Crippen LogP contribution >= 0.6 is 11.6 Å². The number of halogens is 1. The smallest absolute Gasteiger partial charge is 0.163 e. The van der Waals surface area contributed by atoms with Crippen molar-refractivity contribution in [3.63, 3.8) is 0 Å². The van der Waals surface area contributed by atoms with Crippen LogP contribution in [0.25, 0.3) is 0 Å². The normalized spacial score (nSPS) is 17.1. The fourth-order valence-corrected chi connectivity index (χ4v) is 1.95. The van der Waals surface area contributed by atoms with Gasteiger partial charge in [0.2, 0.25) is 0 Å². The van der Waals surface area contributed by atoms with E-state index in [1.165, 1.54) is 0 Å². The summed E-state index contributed by atoms with van der Waals surface area (Å²) in [4.78, 5) is 0. The number of methoxy groups -OCH3 is 1. The molecule has 4 nitrogen and oxygen atoms in total. The Morgan fingerprint density at radius 2 is 1.83 bits per heavy atom. The monoisotopic (exact) mass is 271 g/mol. The summed E-state index contributed by atoms with van der Waals surface area (Å²) in [5.41, 5.74) is 0.831.